The summed E-state index contributed by atoms with van der Waals surface area (Å²) in [5.74, 6) is 0.229. The van der Waals surface area contributed by atoms with E-state index in [1.165, 1.54) is 0 Å². The van der Waals surface area contributed by atoms with E-state index in [9.17, 15) is 9.59 Å². The van der Waals surface area contributed by atoms with Crippen molar-refractivity contribution in [1.82, 2.24) is 10.2 Å². The van der Waals surface area contributed by atoms with Crippen LogP contribution in [0.4, 0.5) is 0 Å². The summed E-state index contributed by atoms with van der Waals surface area (Å²) in [7, 11) is 0. The van der Waals surface area contributed by atoms with Gasteiger partial charge in [0.05, 0.1) is 5.02 Å². The van der Waals surface area contributed by atoms with Gasteiger partial charge in [-0.3, -0.25) is 9.59 Å². The minimum Gasteiger partial charge on any atom is -0.482 e. The molecule has 8 heteroatoms. The largest absolute Gasteiger partial charge is 0.482 e. The van der Waals surface area contributed by atoms with E-state index in [0.717, 1.165) is 10.0 Å². The second kappa shape index (κ2) is 12.3. The molecule has 5 nitrogen and oxygen atoms in total. The lowest BCUT2D eigenvalue weighted by atomic mass is 10.1. The molecule has 0 saturated heterocycles. The maximum atomic E-state index is 13.2. The molecule has 0 fully saturated rings. The summed E-state index contributed by atoms with van der Waals surface area (Å²) in [4.78, 5) is 27.5. The Labute approximate surface area is 202 Å². The molecule has 0 heterocycles. The number of benzene rings is 2. The highest BCUT2D eigenvalue weighted by Crippen LogP contribution is 2.28. The number of carbonyl (C=O) groups is 2. The fourth-order valence-electron chi connectivity index (χ4n) is 2.94. The van der Waals surface area contributed by atoms with Gasteiger partial charge in [-0.2, -0.15) is 0 Å². The van der Waals surface area contributed by atoms with Gasteiger partial charge in [0, 0.05) is 22.6 Å². The lowest BCUT2D eigenvalue weighted by Gasteiger charge is -2.31. The summed E-state index contributed by atoms with van der Waals surface area (Å²) in [5.41, 5.74) is 0.870. The molecule has 2 aromatic rings. The zero-order chi connectivity index (χ0) is 23.0. The molecule has 0 radical (unpaired) electrons. The summed E-state index contributed by atoms with van der Waals surface area (Å²) < 4.78 is 6.48. The summed E-state index contributed by atoms with van der Waals surface area (Å²) in [6, 6.07) is 11.8. The van der Waals surface area contributed by atoms with E-state index >= 15 is 0 Å². The Morgan fingerprint density at radius 1 is 1.13 bits per heavy atom. The molecule has 0 saturated carbocycles. The second-order valence-electron chi connectivity index (χ2n) is 7.57. The van der Waals surface area contributed by atoms with Crippen LogP contribution in [0.3, 0.4) is 0 Å². The molecule has 2 amide bonds. The molecule has 0 aromatic heterocycles. The third-order valence-electron chi connectivity index (χ3n) is 4.58. The van der Waals surface area contributed by atoms with E-state index in [0.29, 0.717) is 34.7 Å². The zero-order valence-electron chi connectivity index (χ0n) is 17.8. The van der Waals surface area contributed by atoms with Gasteiger partial charge in [-0.15, -0.1) is 0 Å². The first-order valence-electron chi connectivity index (χ1n) is 10.1. The molecular formula is C23H27BrCl2N2O3. The van der Waals surface area contributed by atoms with Gasteiger partial charge in [0.2, 0.25) is 5.91 Å². The van der Waals surface area contributed by atoms with Crippen LogP contribution in [0.25, 0.3) is 0 Å². The topological polar surface area (TPSA) is 58.6 Å². The fourth-order valence-corrected chi connectivity index (χ4v) is 3.80. The van der Waals surface area contributed by atoms with Crippen molar-refractivity contribution in [3.05, 3.63) is 62.5 Å². The van der Waals surface area contributed by atoms with Crippen LogP contribution < -0.4 is 10.1 Å². The zero-order valence-corrected chi connectivity index (χ0v) is 20.9. The van der Waals surface area contributed by atoms with E-state index < -0.39 is 6.04 Å². The molecule has 1 unspecified atom stereocenters. The maximum Gasteiger partial charge on any atom is 0.261 e. The predicted molar refractivity (Wildman–Crippen MR) is 129 cm³/mol. The average Bonchev–Trinajstić information content (AvgIpc) is 2.72. The van der Waals surface area contributed by atoms with Gasteiger partial charge in [-0.05, 0) is 48.2 Å². The Morgan fingerprint density at radius 3 is 2.39 bits per heavy atom. The Hall–Kier alpha value is -1.76. The van der Waals surface area contributed by atoms with Crippen LogP contribution in [0.5, 0.6) is 5.75 Å². The smallest absolute Gasteiger partial charge is 0.261 e. The third-order valence-corrected chi connectivity index (χ3v) is 5.62. The minimum atomic E-state index is -0.620. The summed E-state index contributed by atoms with van der Waals surface area (Å²) in [6.07, 6.45) is 0.475. The average molecular weight is 530 g/mol. The van der Waals surface area contributed by atoms with Crippen molar-refractivity contribution in [2.75, 3.05) is 13.2 Å². The van der Waals surface area contributed by atoms with E-state index in [1.807, 2.05) is 32.9 Å². The summed E-state index contributed by atoms with van der Waals surface area (Å²) in [5, 5.41) is 3.94. The van der Waals surface area contributed by atoms with Crippen LogP contribution in [-0.2, 0) is 16.1 Å². The molecule has 0 aliphatic rings. The molecule has 31 heavy (non-hydrogen) atoms. The van der Waals surface area contributed by atoms with Crippen LogP contribution in [0.15, 0.2) is 46.9 Å². The van der Waals surface area contributed by atoms with E-state index in [1.54, 1.807) is 35.2 Å². The van der Waals surface area contributed by atoms with Crippen molar-refractivity contribution in [3.8, 4) is 5.75 Å². The van der Waals surface area contributed by atoms with E-state index in [-0.39, 0.29) is 25.0 Å². The highest BCUT2D eigenvalue weighted by molar-refractivity contribution is 9.10. The predicted octanol–water partition coefficient (Wildman–Crippen LogP) is 5.71. The van der Waals surface area contributed by atoms with Gasteiger partial charge in [0.25, 0.3) is 5.91 Å². The standard InChI is InChI=1S/C23H27BrCl2N2O3/c1-4-20(23(30)27-12-15(2)3)28(13-16-5-8-18(25)9-6-16)22(29)14-31-21-10-7-17(24)11-19(21)26/h5-11,15,20H,4,12-14H2,1-3H3,(H,27,30). The molecule has 1 N–H and O–H groups in total. The van der Waals surface area contributed by atoms with Crippen molar-refractivity contribution in [2.45, 2.75) is 39.8 Å². The molecule has 1 atom stereocenters. The summed E-state index contributed by atoms with van der Waals surface area (Å²) >= 11 is 15.5. The van der Waals surface area contributed by atoms with Crippen LogP contribution in [0.2, 0.25) is 10.0 Å². The minimum absolute atomic E-state index is 0.180. The van der Waals surface area contributed by atoms with Crippen LogP contribution >= 0.6 is 39.1 Å². The number of rotatable bonds is 10. The first kappa shape index (κ1) is 25.5. The quantitative estimate of drug-likeness (QED) is 0.428. The van der Waals surface area contributed by atoms with Crippen molar-refractivity contribution in [2.24, 2.45) is 5.92 Å². The molecule has 0 spiro atoms. The lowest BCUT2D eigenvalue weighted by molar-refractivity contribution is -0.143. The summed E-state index contributed by atoms with van der Waals surface area (Å²) in [6.45, 7) is 6.50. The van der Waals surface area contributed by atoms with Gasteiger partial charge in [-0.1, -0.05) is 72.0 Å². The van der Waals surface area contributed by atoms with Crippen molar-refractivity contribution >= 4 is 50.9 Å². The van der Waals surface area contributed by atoms with Crippen LogP contribution in [0, 0.1) is 5.92 Å². The highest BCUT2D eigenvalue weighted by atomic mass is 79.9. The molecule has 0 bridgehead atoms. The monoisotopic (exact) mass is 528 g/mol. The molecule has 0 aliphatic heterocycles. The van der Waals surface area contributed by atoms with E-state index in [2.05, 4.69) is 21.2 Å². The lowest BCUT2D eigenvalue weighted by Crippen LogP contribution is -2.50. The van der Waals surface area contributed by atoms with E-state index in [4.69, 9.17) is 27.9 Å². The third kappa shape index (κ3) is 8.02. The SMILES string of the molecule is CCC(C(=O)NCC(C)C)N(Cc1ccc(Cl)cc1)C(=O)COc1ccc(Br)cc1Cl. The first-order valence-corrected chi connectivity index (χ1v) is 11.7. The first-order chi connectivity index (χ1) is 14.7. The number of hydrogen-bond donors (Lipinski definition) is 1. The number of hydrogen-bond acceptors (Lipinski definition) is 3. The second-order valence-corrected chi connectivity index (χ2v) is 9.33. The normalized spacial score (nSPS) is 11.8. The number of nitrogens with one attached hydrogen (secondary N) is 1. The van der Waals surface area contributed by atoms with Gasteiger partial charge >= 0.3 is 0 Å². The van der Waals surface area contributed by atoms with Crippen LogP contribution in [0.1, 0.15) is 32.8 Å². The number of nitrogens with zero attached hydrogens (tertiary/aromatic N) is 1. The molecule has 0 aliphatic carbocycles. The van der Waals surface area contributed by atoms with Crippen molar-refractivity contribution in [1.29, 1.82) is 0 Å². The number of halogens is 3. The van der Waals surface area contributed by atoms with Crippen molar-refractivity contribution < 1.29 is 14.3 Å². The number of ether oxygens (including phenoxy) is 1. The number of amides is 2. The molecule has 2 rings (SSSR count). The number of carbonyl (C=O) groups excluding carboxylic acids is 2. The fraction of sp³-hybridized carbons (Fsp3) is 0.391. The maximum absolute atomic E-state index is 13.2. The van der Waals surface area contributed by atoms with Gasteiger partial charge < -0.3 is 15.0 Å². The van der Waals surface area contributed by atoms with Crippen LogP contribution in [-0.4, -0.2) is 35.9 Å². The molecule has 2 aromatic carbocycles. The molecule has 168 valence electrons. The van der Waals surface area contributed by atoms with Crippen molar-refractivity contribution in [3.63, 3.8) is 0 Å². The highest BCUT2D eigenvalue weighted by Gasteiger charge is 2.29. The van der Waals surface area contributed by atoms with Gasteiger partial charge in [0.1, 0.15) is 11.8 Å². The Morgan fingerprint density at radius 2 is 1.81 bits per heavy atom. The molecular weight excluding hydrogens is 503 g/mol. The Balaban J connectivity index is 2.20. The Bertz CT molecular complexity index is 891. The Kier molecular flexibility index (Phi) is 10.1. The van der Waals surface area contributed by atoms with Gasteiger partial charge in [0.15, 0.2) is 6.61 Å². The van der Waals surface area contributed by atoms with Gasteiger partial charge in [-0.25, -0.2) is 0 Å².